The van der Waals surface area contributed by atoms with Gasteiger partial charge in [0, 0.05) is 0 Å². The van der Waals surface area contributed by atoms with Crippen molar-refractivity contribution in [3.63, 3.8) is 0 Å². The number of rotatable bonds is 4. The van der Waals surface area contributed by atoms with Gasteiger partial charge >= 0.3 is 6.18 Å². The zero-order valence-corrected chi connectivity index (χ0v) is 9.63. The first-order valence-electron chi connectivity index (χ1n) is 4.76. The van der Waals surface area contributed by atoms with Gasteiger partial charge in [-0.15, -0.1) is 6.58 Å². The molecule has 6 heteroatoms. The molecule has 1 aromatic carbocycles. The highest BCUT2D eigenvalue weighted by molar-refractivity contribution is 7.92. The summed E-state index contributed by atoms with van der Waals surface area (Å²) in [5.74, 6) is 0. The minimum atomic E-state index is -4.80. The van der Waals surface area contributed by atoms with Crippen molar-refractivity contribution in [2.45, 2.75) is 22.7 Å². The third-order valence-corrected chi connectivity index (χ3v) is 4.33. The number of allylic oxidation sites excluding steroid dienone is 1. The molecule has 1 atom stereocenters. The van der Waals surface area contributed by atoms with Crippen molar-refractivity contribution in [3.05, 3.63) is 43.0 Å². The summed E-state index contributed by atoms with van der Waals surface area (Å²) >= 11 is 0. The Kier molecular flexibility index (Phi) is 3.98. The van der Waals surface area contributed by atoms with Crippen LogP contribution < -0.4 is 0 Å². The van der Waals surface area contributed by atoms with Gasteiger partial charge in [-0.3, -0.25) is 0 Å². The Morgan fingerprint density at radius 3 is 2.18 bits per heavy atom. The minimum Gasteiger partial charge on any atom is -0.223 e. The van der Waals surface area contributed by atoms with Crippen LogP contribution in [0.4, 0.5) is 13.2 Å². The summed E-state index contributed by atoms with van der Waals surface area (Å²) in [5.41, 5.74) is 0. The molecule has 0 aromatic heterocycles. The molecule has 0 saturated carbocycles. The van der Waals surface area contributed by atoms with Gasteiger partial charge in [0.1, 0.15) is 0 Å². The van der Waals surface area contributed by atoms with Crippen LogP contribution in [0.2, 0.25) is 0 Å². The van der Waals surface area contributed by atoms with Crippen molar-refractivity contribution in [3.8, 4) is 0 Å². The van der Waals surface area contributed by atoms with Crippen molar-refractivity contribution in [1.29, 1.82) is 0 Å². The van der Waals surface area contributed by atoms with Gasteiger partial charge in [-0.2, -0.15) is 13.2 Å². The molecule has 94 valence electrons. The van der Waals surface area contributed by atoms with E-state index < -0.39 is 27.7 Å². The van der Waals surface area contributed by atoms with E-state index in [0.29, 0.717) is 0 Å². The average molecular weight is 264 g/mol. The number of sulfone groups is 1. The topological polar surface area (TPSA) is 34.1 Å². The predicted molar refractivity (Wildman–Crippen MR) is 58.3 cm³/mol. The SMILES string of the molecule is C=CCC(C(F)(F)F)S(=O)(=O)c1ccccc1. The molecule has 0 amide bonds. The molecule has 0 aliphatic carbocycles. The van der Waals surface area contributed by atoms with Crippen LogP contribution >= 0.6 is 0 Å². The lowest BCUT2D eigenvalue weighted by Gasteiger charge is -2.19. The Balaban J connectivity index is 3.24. The fourth-order valence-corrected chi connectivity index (χ4v) is 2.97. The van der Waals surface area contributed by atoms with Gasteiger partial charge in [-0.05, 0) is 18.6 Å². The quantitative estimate of drug-likeness (QED) is 0.783. The molecular formula is C11H11F3O2S. The molecule has 0 radical (unpaired) electrons. The summed E-state index contributed by atoms with van der Waals surface area (Å²) in [6, 6.07) is 6.60. The number of alkyl halides is 3. The van der Waals surface area contributed by atoms with Crippen molar-refractivity contribution in [2.24, 2.45) is 0 Å². The van der Waals surface area contributed by atoms with Gasteiger partial charge in [-0.1, -0.05) is 24.3 Å². The lowest BCUT2D eigenvalue weighted by Crippen LogP contribution is -2.36. The third kappa shape index (κ3) is 3.09. The van der Waals surface area contributed by atoms with Crippen LogP contribution in [0.3, 0.4) is 0 Å². The highest BCUT2D eigenvalue weighted by atomic mass is 32.2. The van der Waals surface area contributed by atoms with E-state index >= 15 is 0 Å². The van der Waals surface area contributed by atoms with Crippen LogP contribution in [0.5, 0.6) is 0 Å². The summed E-state index contributed by atoms with van der Waals surface area (Å²) in [6.07, 6.45) is -4.50. The first-order chi connectivity index (χ1) is 7.80. The monoisotopic (exact) mass is 264 g/mol. The van der Waals surface area contributed by atoms with E-state index in [4.69, 9.17) is 0 Å². The van der Waals surface area contributed by atoms with E-state index in [1.165, 1.54) is 18.2 Å². The second kappa shape index (κ2) is 4.91. The zero-order chi connectivity index (χ0) is 13.1. The average Bonchev–Trinajstić information content (AvgIpc) is 2.25. The molecule has 2 nitrogen and oxygen atoms in total. The van der Waals surface area contributed by atoms with E-state index in [0.717, 1.165) is 18.2 Å². The first kappa shape index (κ1) is 13.8. The maximum Gasteiger partial charge on any atom is 0.406 e. The second-order valence-electron chi connectivity index (χ2n) is 3.41. The largest absolute Gasteiger partial charge is 0.406 e. The van der Waals surface area contributed by atoms with Crippen molar-refractivity contribution in [1.82, 2.24) is 0 Å². The molecule has 1 aromatic rings. The van der Waals surface area contributed by atoms with Crippen molar-refractivity contribution in [2.75, 3.05) is 0 Å². The molecule has 1 unspecified atom stereocenters. The van der Waals surface area contributed by atoms with Gasteiger partial charge in [0.25, 0.3) is 0 Å². The van der Waals surface area contributed by atoms with E-state index in [-0.39, 0.29) is 4.90 Å². The Hall–Kier alpha value is -1.30. The van der Waals surface area contributed by atoms with Crippen LogP contribution in [0.25, 0.3) is 0 Å². The molecule has 0 saturated heterocycles. The van der Waals surface area contributed by atoms with E-state index in [1.54, 1.807) is 0 Å². The van der Waals surface area contributed by atoms with Crippen molar-refractivity contribution < 1.29 is 21.6 Å². The fourth-order valence-electron chi connectivity index (χ4n) is 1.36. The summed E-state index contributed by atoms with van der Waals surface area (Å²) in [7, 11) is -4.42. The Morgan fingerprint density at radius 2 is 1.76 bits per heavy atom. The smallest absolute Gasteiger partial charge is 0.223 e. The maximum absolute atomic E-state index is 12.7. The molecule has 0 heterocycles. The van der Waals surface area contributed by atoms with Crippen molar-refractivity contribution >= 4 is 9.84 Å². The number of hydrogen-bond donors (Lipinski definition) is 0. The standard InChI is InChI=1S/C11H11F3O2S/c1-2-6-10(11(12,13)14)17(15,16)9-7-4-3-5-8-9/h2-5,7-8,10H,1,6H2. The molecule has 0 N–H and O–H groups in total. The molecule has 0 bridgehead atoms. The Bertz CT molecular complexity index is 477. The van der Waals surface area contributed by atoms with Crippen LogP contribution in [0.15, 0.2) is 47.9 Å². The van der Waals surface area contributed by atoms with Gasteiger partial charge in [-0.25, -0.2) is 8.42 Å². The number of hydrogen-bond acceptors (Lipinski definition) is 2. The summed E-state index contributed by atoms with van der Waals surface area (Å²) in [5, 5.41) is -2.44. The molecular weight excluding hydrogens is 253 g/mol. The first-order valence-corrected chi connectivity index (χ1v) is 6.31. The minimum absolute atomic E-state index is 0.329. The lowest BCUT2D eigenvalue weighted by molar-refractivity contribution is -0.129. The summed E-state index contributed by atoms with van der Waals surface area (Å²) < 4.78 is 61.6. The van der Waals surface area contributed by atoms with Crippen LogP contribution in [-0.4, -0.2) is 19.8 Å². The van der Waals surface area contributed by atoms with Crippen LogP contribution in [-0.2, 0) is 9.84 Å². The highest BCUT2D eigenvalue weighted by Gasteiger charge is 2.48. The van der Waals surface area contributed by atoms with Crippen LogP contribution in [0.1, 0.15) is 6.42 Å². The fraction of sp³-hybridized carbons (Fsp3) is 0.273. The lowest BCUT2D eigenvalue weighted by atomic mass is 10.3. The van der Waals surface area contributed by atoms with Gasteiger partial charge in [0.15, 0.2) is 15.1 Å². The maximum atomic E-state index is 12.7. The molecule has 0 aliphatic rings. The number of benzene rings is 1. The highest BCUT2D eigenvalue weighted by Crippen LogP contribution is 2.32. The van der Waals surface area contributed by atoms with Gasteiger partial charge < -0.3 is 0 Å². The van der Waals surface area contributed by atoms with E-state index in [2.05, 4.69) is 6.58 Å². The molecule has 1 rings (SSSR count). The molecule has 0 fully saturated rings. The summed E-state index contributed by atoms with van der Waals surface area (Å²) in [6.45, 7) is 3.16. The normalized spacial score (nSPS) is 14.3. The summed E-state index contributed by atoms with van der Waals surface area (Å²) in [4.78, 5) is -0.329. The van der Waals surface area contributed by atoms with E-state index in [9.17, 15) is 21.6 Å². The third-order valence-electron chi connectivity index (χ3n) is 2.19. The van der Waals surface area contributed by atoms with Gasteiger partial charge in [0.05, 0.1) is 4.90 Å². The number of halogens is 3. The molecule has 0 spiro atoms. The zero-order valence-electron chi connectivity index (χ0n) is 8.81. The Labute approximate surface area is 97.7 Å². The van der Waals surface area contributed by atoms with E-state index in [1.807, 2.05) is 0 Å². The molecule has 17 heavy (non-hydrogen) atoms. The predicted octanol–water partition coefficient (Wildman–Crippen LogP) is 2.97. The molecule has 0 aliphatic heterocycles. The Morgan fingerprint density at radius 1 is 1.24 bits per heavy atom. The van der Waals surface area contributed by atoms with Crippen LogP contribution in [0, 0.1) is 0 Å². The van der Waals surface area contributed by atoms with Gasteiger partial charge in [0.2, 0.25) is 0 Å². The second-order valence-corrected chi connectivity index (χ2v) is 5.54.